The summed E-state index contributed by atoms with van der Waals surface area (Å²) in [6.07, 6.45) is 2.94. The van der Waals surface area contributed by atoms with Crippen molar-refractivity contribution in [3.8, 4) is 17.1 Å². The van der Waals surface area contributed by atoms with Crippen LogP contribution in [0.15, 0.2) is 53.1 Å². The number of rotatable bonds is 7. The second-order valence-electron chi connectivity index (χ2n) is 6.84. The Balaban J connectivity index is 1.47. The van der Waals surface area contributed by atoms with E-state index in [0.29, 0.717) is 16.7 Å². The van der Waals surface area contributed by atoms with Gasteiger partial charge in [-0.25, -0.2) is 10.9 Å². The summed E-state index contributed by atoms with van der Waals surface area (Å²) in [5.41, 5.74) is 8.56. The van der Waals surface area contributed by atoms with Gasteiger partial charge in [0.05, 0.1) is 12.6 Å². The molecule has 28 heavy (non-hydrogen) atoms. The van der Waals surface area contributed by atoms with Crippen molar-refractivity contribution in [2.75, 3.05) is 6.61 Å². The maximum absolute atomic E-state index is 6.06. The van der Waals surface area contributed by atoms with E-state index in [1.807, 2.05) is 42.5 Å². The number of aromatic nitrogens is 2. The fourth-order valence-corrected chi connectivity index (χ4v) is 3.46. The molecule has 2 N–H and O–H groups in total. The van der Waals surface area contributed by atoms with Crippen LogP contribution in [0.4, 0.5) is 0 Å². The van der Waals surface area contributed by atoms with E-state index < -0.39 is 0 Å². The van der Waals surface area contributed by atoms with Crippen LogP contribution >= 0.6 is 11.6 Å². The van der Waals surface area contributed by atoms with E-state index >= 15 is 0 Å². The molecule has 2 atom stereocenters. The fraction of sp³-hybridized carbons (Fsp3) is 0.333. The molecule has 7 heteroatoms. The predicted molar refractivity (Wildman–Crippen MR) is 108 cm³/mol. The maximum Gasteiger partial charge on any atom is 0.245 e. The zero-order valence-corrected chi connectivity index (χ0v) is 16.4. The Kier molecular flexibility index (Phi) is 5.90. The summed E-state index contributed by atoms with van der Waals surface area (Å²) >= 11 is 6.06. The van der Waals surface area contributed by atoms with Gasteiger partial charge in [0.1, 0.15) is 11.8 Å². The van der Waals surface area contributed by atoms with Crippen molar-refractivity contribution >= 4 is 11.6 Å². The standard InChI is InChI=1S/C21H23ClN4O2/c1-2-3-11-27-19-10-5-4-9-16(19)17-13-18(25-24-17)21-23-20(26-28-21)14-7-6-8-15(22)12-14/h4-10,12,17-18,24-25H,2-3,11,13H2,1H3. The van der Waals surface area contributed by atoms with Gasteiger partial charge in [0, 0.05) is 16.1 Å². The Bertz CT molecular complexity index is 930. The summed E-state index contributed by atoms with van der Waals surface area (Å²) in [7, 11) is 0. The highest BCUT2D eigenvalue weighted by Gasteiger charge is 2.31. The summed E-state index contributed by atoms with van der Waals surface area (Å²) in [4.78, 5) is 4.54. The number of hydrogen-bond acceptors (Lipinski definition) is 6. The van der Waals surface area contributed by atoms with Crippen LogP contribution in [0.2, 0.25) is 5.02 Å². The fourth-order valence-electron chi connectivity index (χ4n) is 3.27. The van der Waals surface area contributed by atoms with Gasteiger partial charge in [0.15, 0.2) is 0 Å². The van der Waals surface area contributed by atoms with Crippen LogP contribution in [0.5, 0.6) is 5.75 Å². The highest BCUT2D eigenvalue weighted by molar-refractivity contribution is 6.30. The van der Waals surface area contributed by atoms with E-state index in [-0.39, 0.29) is 12.1 Å². The number of benzene rings is 2. The van der Waals surface area contributed by atoms with Gasteiger partial charge in [-0.2, -0.15) is 4.98 Å². The molecule has 146 valence electrons. The molecule has 0 aliphatic carbocycles. The lowest BCUT2D eigenvalue weighted by atomic mass is 10.0. The van der Waals surface area contributed by atoms with Gasteiger partial charge >= 0.3 is 0 Å². The number of para-hydroxylation sites is 1. The molecule has 6 nitrogen and oxygen atoms in total. The third-order valence-electron chi connectivity index (χ3n) is 4.78. The van der Waals surface area contributed by atoms with Crippen molar-refractivity contribution < 1.29 is 9.26 Å². The molecule has 1 fully saturated rings. The molecule has 1 saturated heterocycles. The minimum Gasteiger partial charge on any atom is -0.493 e. The van der Waals surface area contributed by atoms with E-state index in [1.165, 1.54) is 0 Å². The second-order valence-corrected chi connectivity index (χ2v) is 7.27. The third kappa shape index (κ3) is 4.19. The van der Waals surface area contributed by atoms with E-state index in [1.54, 1.807) is 0 Å². The average Bonchev–Trinajstić information content (AvgIpc) is 3.38. The molecular weight excluding hydrogens is 376 g/mol. The third-order valence-corrected chi connectivity index (χ3v) is 5.01. The normalized spacial score (nSPS) is 19.1. The lowest BCUT2D eigenvalue weighted by Gasteiger charge is -2.15. The van der Waals surface area contributed by atoms with Crippen molar-refractivity contribution in [3.05, 3.63) is 65.0 Å². The first-order valence-corrected chi connectivity index (χ1v) is 9.94. The summed E-state index contributed by atoms with van der Waals surface area (Å²) < 4.78 is 11.5. The molecule has 2 aromatic carbocycles. The summed E-state index contributed by atoms with van der Waals surface area (Å²) in [6.45, 7) is 2.88. The minimum atomic E-state index is -0.0749. The summed E-state index contributed by atoms with van der Waals surface area (Å²) in [6, 6.07) is 15.6. The van der Waals surface area contributed by atoms with Crippen LogP contribution in [0, 0.1) is 0 Å². The maximum atomic E-state index is 6.06. The predicted octanol–water partition coefficient (Wildman–Crippen LogP) is 4.85. The van der Waals surface area contributed by atoms with Gasteiger partial charge < -0.3 is 9.26 Å². The van der Waals surface area contributed by atoms with Crippen LogP contribution < -0.4 is 15.6 Å². The molecule has 1 aromatic heterocycles. The first kappa shape index (κ1) is 18.9. The molecule has 0 radical (unpaired) electrons. The Morgan fingerprint density at radius 1 is 1.14 bits per heavy atom. The van der Waals surface area contributed by atoms with Crippen LogP contribution in [-0.2, 0) is 0 Å². The molecule has 0 saturated carbocycles. The Morgan fingerprint density at radius 2 is 2.00 bits per heavy atom. The largest absolute Gasteiger partial charge is 0.493 e. The van der Waals surface area contributed by atoms with Gasteiger partial charge in [-0.15, -0.1) is 0 Å². The zero-order chi connectivity index (χ0) is 19.3. The van der Waals surface area contributed by atoms with Gasteiger partial charge in [-0.3, -0.25) is 0 Å². The number of unbranched alkanes of at least 4 members (excludes halogenated alkanes) is 1. The molecular formula is C21H23ClN4O2. The van der Waals surface area contributed by atoms with Crippen molar-refractivity contribution in [1.29, 1.82) is 0 Å². The summed E-state index contributed by atoms with van der Waals surface area (Å²) in [5, 5.41) is 4.74. The number of ether oxygens (including phenoxy) is 1. The van der Waals surface area contributed by atoms with Crippen molar-refractivity contribution in [1.82, 2.24) is 21.0 Å². The first-order chi connectivity index (χ1) is 13.7. The van der Waals surface area contributed by atoms with E-state index in [4.69, 9.17) is 20.9 Å². The number of halogens is 1. The van der Waals surface area contributed by atoms with E-state index in [2.05, 4.69) is 34.0 Å². The van der Waals surface area contributed by atoms with Crippen LogP contribution in [-0.4, -0.2) is 16.7 Å². The smallest absolute Gasteiger partial charge is 0.245 e. The molecule has 0 bridgehead atoms. The highest BCUT2D eigenvalue weighted by atomic mass is 35.5. The quantitative estimate of drug-likeness (QED) is 0.554. The molecule has 0 amide bonds. The average molecular weight is 399 g/mol. The molecule has 2 unspecified atom stereocenters. The van der Waals surface area contributed by atoms with E-state index in [0.717, 1.165) is 42.7 Å². The summed E-state index contributed by atoms with van der Waals surface area (Å²) in [5.74, 6) is 2.00. The topological polar surface area (TPSA) is 72.2 Å². The lowest BCUT2D eigenvalue weighted by molar-refractivity contribution is 0.303. The first-order valence-electron chi connectivity index (χ1n) is 9.57. The monoisotopic (exact) mass is 398 g/mol. The Morgan fingerprint density at radius 3 is 2.86 bits per heavy atom. The molecule has 4 rings (SSSR count). The molecule has 1 aliphatic rings. The van der Waals surface area contributed by atoms with E-state index in [9.17, 15) is 0 Å². The van der Waals surface area contributed by atoms with Gasteiger partial charge in [-0.1, -0.05) is 60.4 Å². The molecule has 2 heterocycles. The lowest BCUT2D eigenvalue weighted by Crippen LogP contribution is -2.27. The second kappa shape index (κ2) is 8.73. The van der Waals surface area contributed by atoms with Gasteiger partial charge in [0.2, 0.25) is 11.7 Å². The number of nitrogens with one attached hydrogen (secondary N) is 2. The Labute approximate surface area is 169 Å². The van der Waals surface area contributed by atoms with Crippen LogP contribution in [0.1, 0.15) is 49.7 Å². The van der Waals surface area contributed by atoms with Crippen molar-refractivity contribution in [3.63, 3.8) is 0 Å². The Hall–Kier alpha value is -2.41. The van der Waals surface area contributed by atoms with Gasteiger partial charge in [-0.05, 0) is 31.0 Å². The van der Waals surface area contributed by atoms with Crippen LogP contribution in [0.3, 0.4) is 0 Å². The van der Waals surface area contributed by atoms with Crippen molar-refractivity contribution in [2.45, 2.75) is 38.3 Å². The molecule has 1 aliphatic heterocycles. The van der Waals surface area contributed by atoms with Gasteiger partial charge in [0.25, 0.3) is 0 Å². The molecule has 3 aromatic rings. The van der Waals surface area contributed by atoms with Crippen LogP contribution in [0.25, 0.3) is 11.4 Å². The number of hydrazine groups is 1. The number of hydrogen-bond donors (Lipinski definition) is 2. The minimum absolute atomic E-state index is 0.0749. The zero-order valence-electron chi connectivity index (χ0n) is 15.7. The van der Waals surface area contributed by atoms with Crippen molar-refractivity contribution in [2.24, 2.45) is 0 Å². The number of nitrogens with zero attached hydrogens (tertiary/aromatic N) is 2. The SMILES string of the molecule is CCCCOc1ccccc1C1CC(c2nc(-c3cccc(Cl)c3)no2)NN1. The molecule has 0 spiro atoms. The highest BCUT2D eigenvalue weighted by Crippen LogP contribution is 2.35.